The second-order valence-corrected chi connectivity index (χ2v) is 7.98. The number of aliphatic hydroxyl groups is 1. The first kappa shape index (κ1) is 24.7. The second-order valence-electron chi connectivity index (χ2n) is 7.60. The number of benzene rings is 1. The maximum atomic E-state index is 14.3. The van der Waals surface area contributed by atoms with Crippen LogP contribution in [0.4, 0.5) is 13.2 Å². The Morgan fingerprint density at radius 3 is 2.54 bits per heavy atom. The molecule has 0 aliphatic carbocycles. The Morgan fingerprint density at radius 1 is 1.17 bits per heavy atom. The number of alkyl halides is 3. The van der Waals surface area contributed by atoms with E-state index in [0.29, 0.717) is 24.2 Å². The number of hydrogen-bond donors (Lipinski definition) is 1. The summed E-state index contributed by atoms with van der Waals surface area (Å²) in [6.07, 6.45) is 0.00585. The largest absolute Gasteiger partial charge is 0.495 e. The Hall–Kier alpha value is -3.44. The van der Waals surface area contributed by atoms with Gasteiger partial charge in [-0.3, -0.25) is 4.68 Å². The van der Waals surface area contributed by atoms with Crippen molar-refractivity contribution >= 4 is 11.6 Å². The molecule has 12 heteroatoms. The van der Waals surface area contributed by atoms with Crippen molar-refractivity contribution < 1.29 is 27.5 Å². The predicted molar refractivity (Wildman–Crippen MR) is 122 cm³/mol. The molecule has 1 aromatic carbocycles. The SMILES string of the molecule is CCC[C@@H](CO)n1ncc(-c2onc(-c3cccc(OC)c3Cl)c2-c2ncccn2)c1C(F)(F)F. The third-order valence-electron chi connectivity index (χ3n) is 5.41. The maximum Gasteiger partial charge on any atom is 0.433 e. The van der Waals surface area contributed by atoms with Crippen molar-refractivity contribution in [3.8, 4) is 39.7 Å². The molecule has 0 fully saturated rings. The van der Waals surface area contributed by atoms with Gasteiger partial charge in [0.1, 0.15) is 11.4 Å². The van der Waals surface area contributed by atoms with Gasteiger partial charge in [0.25, 0.3) is 0 Å². The lowest BCUT2D eigenvalue weighted by molar-refractivity contribution is -0.144. The lowest BCUT2D eigenvalue weighted by atomic mass is 10.0. The van der Waals surface area contributed by atoms with Gasteiger partial charge in [0.05, 0.1) is 42.1 Å². The summed E-state index contributed by atoms with van der Waals surface area (Å²) in [5, 5.41) is 18.0. The van der Waals surface area contributed by atoms with Gasteiger partial charge in [0.2, 0.25) is 0 Å². The van der Waals surface area contributed by atoms with Crippen LogP contribution in [0.3, 0.4) is 0 Å². The van der Waals surface area contributed by atoms with E-state index in [-0.39, 0.29) is 33.4 Å². The fourth-order valence-electron chi connectivity index (χ4n) is 3.86. The lowest BCUT2D eigenvalue weighted by Gasteiger charge is -2.19. The minimum Gasteiger partial charge on any atom is -0.495 e. The first-order valence-corrected chi connectivity index (χ1v) is 11.0. The van der Waals surface area contributed by atoms with Gasteiger partial charge >= 0.3 is 6.18 Å². The minimum absolute atomic E-state index is 0.0887. The lowest BCUT2D eigenvalue weighted by Crippen LogP contribution is -2.22. The quantitative estimate of drug-likeness (QED) is 0.327. The van der Waals surface area contributed by atoms with E-state index in [0.717, 1.165) is 10.9 Å². The summed E-state index contributed by atoms with van der Waals surface area (Å²) in [6, 6.07) is 5.65. The van der Waals surface area contributed by atoms with Crippen molar-refractivity contribution in [3.63, 3.8) is 0 Å². The van der Waals surface area contributed by atoms with Crippen LogP contribution in [-0.2, 0) is 6.18 Å². The minimum atomic E-state index is -4.80. The van der Waals surface area contributed by atoms with E-state index in [1.165, 1.54) is 19.5 Å². The zero-order valence-electron chi connectivity index (χ0n) is 18.8. The second kappa shape index (κ2) is 10.0. The van der Waals surface area contributed by atoms with Crippen LogP contribution in [0, 0.1) is 0 Å². The molecule has 3 aromatic heterocycles. The summed E-state index contributed by atoms with van der Waals surface area (Å²) in [7, 11) is 1.44. The highest BCUT2D eigenvalue weighted by Gasteiger charge is 2.42. The average molecular weight is 508 g/mol. The van der Waals surface area contributed by atoms with Crippen LogP contribution in [-0.4, -0.2) is 43.7 Å². The summed E-state index contributed by atoms with van der Waals surface area (Å²) in [5.74, 6) is 0.213. The van der Waals surface area contributed by atoms with Crippen molar-refractivity contribution in [1.29, 1.82) is 0 Å². The van der Waals surface area contributed by atoms with Crippen molar-refractivity contribution in [3.05, 3.63) is 53.6 Å². The van der Waals surface area contributed by atoms with E-state index in [9.17, 15) is 18.3 Å². The Kier molecular flexibility index (Phi) is 7.08. The topological polar surface area (TPSA) is 99.1 Å². The van der Waals surface area contributed by atoms with Gasteiger partial charge in [-0.1, -0.05) is 42.2 Å². The van der Waals surface area contributed by atoms with Gasteiger partial charge in [-0.2, -0.15) is 18.3 Å². The van der Waals surface area contributed by atoms with Gasteiger partial charge in [0, 0.05) is 18.0 Å². The Morgan fingerprint density at radius 2 is 1.91 bits per heavy atom. The van der Waals surface area contributed by atoms with Crippen molar-refractivity contribution in [1.82, 2.24) is 24.9 Å². The van der Waals surface area contributed by atoms with E-state index >= 15 is 0 Å². The molecule has 4 aromatic rings. The Bertz CT molecular complexity index is 1310. The predicted octanol–water partition coefficient (Wildman–Crippen LogP) is 5.68. The normalized spacial score (nSPS) is 12.7. The molecule has 0 amide bonds. The van der Waals surface area contributed by atoms with Crippen LogP contribution in [0.2, 0.25) is 5.02 Å². The molecule has 0 saturated heterocycles. The van der Waals surface area contributed by atoms with E-state index in [2.05, 4.69) is 20.2 Å². The molecule has 0 unspecified atom stereocenters. The molecule has 1 atom stereocenters. The van der Waals surface area contributed by atoms with Crippen molar-refractivity contribution in [2.75, 3.05) is 13.7 Å². The van der Waals surface area contributed by atoms with Crippen LogP contribution in [0.1, 0.15) is 31.5 Å². The smallest absolute Gasteiger partial charge is 0.433 e. The number of aromatic nitrogens is 5. The van der Waals surface area contributed by atoms with Gasteiger partial charge in [-0.05, 0) is 18.6 Å². The highest BCUT2D eigenvalue weighted by atomic mass is 35.5. The average Bonchev–Trinajstić information content (AvgIpc) is 3.48. The molecule has 0 aliphatic rings. The van der Waals surface area contributed by atoms with Crippen LogP contribution in [0.15, 0.2) is 47.4 Å². The highest BCUT2D eigenvalue weighted by molar-refractivity contribution is 6.35. The standard InChI is InChI=1S/C23H21ClF3N5O3/c1-3-6-13(12-33)32-21(23(25,26)27)15(11-30-32)20-17(22-28-9-5-10-29-22)19(31-35-20)14-7-4-8-16(34-2)18(14)24/h4-5,7-11,13,33H,3,6,12H2,1-2H3/t13-/m0/s1. The number of hydrogen-bond acceptors (Lipinski definition) is 7. The number of aliphatic hydroxyl groups excluding tert-OH is 1. The molecule has 4 rings (SSSR count). The van der Waals surface area contributed by atoms with E-state index in [1.807, 2.05) is 6.92 Å². The van der Waals surface area contributed by atoms with Crippen molar-refractivity contribution in [2.45, 2.75) is 32.0 Å². The third-order valence-corrected chi connectivity index (χ3v) is 5.80. The van der Waals surface area contributed by atoms with Crippen LogP contribution in [0.5, 0.6) is 5.75 Å². The summed E-state index contributed by atoms with van der Waals surface area (Å²) in [6.45, 7) is 1.31. The fraction of sp³-hybridized carbons (Fsp3) is 0.304. The molecule has 0 radical (unpaired) electrons. The van der Waals surface area contributed by atoms with Gasteiger partial charge in [-0.25, -0.2) is 9.97 Å². The van der Waals surface area contributed by atoms with Crippen LogP contribution in [0.25, 0.3) is 34.0 Å². The number of methoxy groups -OCH3 is 1. The number of halogens is 4. The van der Waals surface area contributed by atoms with E-state index < -0.39 is 24.5 Å². The zero-order valence-corrected chi connectivity index (χ0v) is 19.5. The molecule has 3 heterocycles. The fourth-order valence-corrected chi connectivity index (χ4v) is 4.15. The third kappa shape index (κ3) is 4.61. The van der Waals surface area contributed by atoms with E-state index in [1.54, 1.807) is 24.3 Å². The molecule has 184 valence electrons. The first-order chi connectivity index (χ1) is 16.8. The molecule has 8 nitrogen and oxygen atoms in total. The monoisotopic (exact) mass is 507 g/mol. The first-order valence-electron chi connectivity index (χ1n) is 10.7. The summed E-state index contributed by atoms with van der Waals surface area (Å²) >= 11 is 6.49. The van der Waals surface area contributed by atoms with Gasteiger partial charge < -0.3 is 14.4 Å². The van der Waals surface area contributed by atoms with Crippen LogP contribution >= 0.6 is 11.6 Å². The van der Waals surface area contributed by atoms with Crippen molar-refractivity contribution in [2.24, 2.45) is 0 Å². The molecule has 0 bridgehead atoms. The Labute approximate surface area is 203 Å². The summed E-state index contributed by atoms with van der Waals surface area (Å²) < 4.78 is 54.5. The molecular formula is C23H21ClF3N5O3. The molecule has 0 spiro atoms. The highest BCUT2D eigenvalue weighted by Crippen LogP contribution is 2.46. The molecular weight excluding hydrogens is 487 g/mol. The Balaban J connectivity index is 2.01. The number of nitrogens with zero attached hydrogens (tertiary/aromatic N) is 5. The molecule has 1 N–H and O–H groups in total. The zero-order chi connectivity index (χ0) is 25.2. The number of ether oxygens (including phenoxy) is 1. The van der Waals surface area contributed by atoms with Gasteiger partial charge in [0.15, 0.2) is 17.3 Å². The molecule has 35 heavy (non-hydrogen) atoms. The van der Waals surface area contributed by atoms with E-state index in [4.69, 9.17) is 20.9 Å². The molecule has 0 saturated carbocycles. The summed E-state index contributed by atoms with van der Waals surface area (Å²) in [4.78, 5) is 8.42. The van der Waals surface area contributed by atoms with Gasteiger partial charge in [-0.15, -0.1) is 0 Å². The number of rotatable bonds is 8. The molecule has 0 aliphatic heterocycles. The van der Waals surface area contributed by atoms with Crippen LogP contribution < -0.4 is 4.74 Å². The maximum absolute atomic E-state index is 14.3. The summed E-state index contributed by atoms with van der Waals surface area (Å²) in [5.41, 5.74) is -0.803.